The second-order valence-electron chi connectivity index (χ2n) is 4.64. The molecule has 1 heterocycles. The van der Waals surface area contributed by atoms with Gasteiger partial charge in [0.25, 0.3) is 0 Å². The Kier molecular flexibility index (Phi) is 4.39. The van der Waals surface area contributed by atoms with Crippen molar-refractivity contribution in [1.82, 2.24) is 4.98 Å². The van der Waals surface area contributed by atoms with Crippen LogP contribution in [0.15, 0.2) is 42.5 Å². The lowest BCUT2D eigenvalue weighted by Crippen LogP contribution is -2.17. The minimum atomic E-state index is 0.807. The number of hydrogen-bond donors (Lipinski definition) is 1. The zero-order valence-corrected chi connectivity index (χ0v) is 11.9. The predicted molar refractivity (Wildman–Crippen MR) is 81.7 cm³/mol. The number of anilines is 2. The molecule has 0 bridgehead atoms. The van der Waals surface area contributed by atoms with Crippen LogP contribution in [0.1, 0.15) is 18.2 Å². The lowest BCUT2D eigenvalue weighted by atomic mass is 10.1. The van der Waals surface area contributed by atoms with Gasteiger partial charge in [-0.1, -0.05) is 25.1 Å². The fraction of sp³-hybridized carbons (Fsp3) is 0.312. The molecule has 19 heavy (non-hydrogen) atoms. The smallest absolute Gasteiger partial charge is 0.126 e. The first-order valence-corrected chi connectivity index (χ1v) is 6.66. The molecule has 1 aromatic carbocycles. The zero-order valence-electron chi connectivity index (χ0n) is 11.9. The third-order valence-corrected chi connectivity index (χ3v) is 3.25. The molecule has 1 aromatic heterocycles. The van der Waals surface area contributed by atoms with Gasteiger partial charge in [-0.2, -0.15) is 0 Å². The Morgan fingerprint density at radius 2 is 1.84 bits per heavy atom. The molecule has 3 nitrogen and oxygen atoms in total. The molecule has 0 aliphatic carbocycles. The lowest BCUT2D eigenvalue weighted by molar-refractivity contribution is 0.885. The Hall–Kier alpha value is -2.03. The van der Waals surface area contributed by atoms with Crippen molar-refractivity contribution in [3.63, 3.8) is 0 Å². The van der Waals surface area contributed by atoms with E-state index < -0.39 is 0 Å². The van der Waals surface area contributed by atoms with Gasteiger partial charge in [0.2, 0.25) is 0 Å². The van der Waals surface area contributed by atoms with Crippen molar-refractivity contribution >= 4 is 11.5 Å². The van der Waals surface area contributed by atoms with E-state index in [1.54, 1.807) is 0 Å². The summed E-state index contributed by atoms with van der Waals surface area (Å²) in [5, 5.41) is 3.07. The molecule has 100 valence electrons. The van der Waals surface area contributed by atoms with Crippen LogP contribution in [-0.2, 0) is 13.0 Å². The van der Waals surface area contributed by atoms with Gasteiger partial charge in [-0.25, -0.2) is 4.98 Å². The highest BCUT2D eigenvalue weighted by Gasteiger charge is 2.03. The van der Waals surface area contributed by atoms with Crippen LogP contribution in [0, 0.1) is 0 Å². The molecule has 0 amide bonds. The largest absolute Gasteiger partial charge is 0.373 e. The normalized spacial score (nSPS) is 10.3. The van der Waals surface area contributed by atoms with E-state index in [2.05, 4.69) is 59.5 Å². The van der Waals surface area contributed by atoms with Gasteiger partial charge < -0.3 is 10.2 Å². The van der Waals surface area contributed by atoms with Gasteiger partial charge in [-0.15, -0.1) is 0 Å². The molecular formula is C16H21N3. The Bertz CT molecular complexity index is 520. The van der Waals surface area contributed by atoms with Gasteiger partial charge in [0.1, 0.15) is 5.82 Å². The Balaban J connectivity index is 2.08. The molecule has 0 aliphatic rings. The molecule has 0 fully saturated rings. The minimum absolute atomic E-state index is 0.807. The van der Waals surface area contributed by atoms with Crippen molar-refractivity contribution in [2.75, 3.05) is 24.3 Å². The summed E-state index contributed by atoms with van der Waals surface area (Å²) in [5.74, 6) is 0.909. The first-order chi connectivity index (χ1) is 9.22. The Morgan fingerprint density at radius 3 is 2.47 bits per heavy atom. The van der Waals surface area contributed by atoms with E-state index >= 15 is 0 Å². The fourth-order valence-electron chi connectivity index (χ4n) is 2.03. The van der Waals surface area contributed by atoms with E-state index in [9.17, 15) is 0 Å². The summed E-state index contributed by atoms with van der Waals surface area (Å²) in [6, 6.07) is 14.8. The van der Waals surface area contributed by atoms with Crippen LogP contribution in [0.3, 0.4) is 0 Å². The summed E-state index contributed by atoms with van der Waals surface area (Å²) in [6.07, 6.45) is 1.08. The van der Waals surface area contributed by atoms with Gasteiger partial charge in [0, 0.05) is 19.8 Å². The van der Waals surface area contributed by atoms with Gasteiger partial charge in [-0.3, -0.25) is 0 Å². The van der Waals surface area contributed by atoms with Gasteiger partial charge in [0.15, 0.2) is 0 Å². The van der Waals surface area contributed by atoms with E-state index in [1.807, 2.05) is 19.2 Å². The van der Waals surface area contributed by atoms with Gasteiger partial charge in [0.05, 0.1) is 12.2 Å². The number of hydrogen-bond acceptors (Lipinski definition) is 3. The van der Waals surface area contributed by atoms with Crippen LogP contribution in [-0.4, -0.2) is 19.1 Å². The Morgan fingerprint density at radius 1 is 1.11 bits per heavy atom. The van der Waals surface area contributed by atoms with Crippen molar-refractivity contribution in [3.05, 3.63) is 53.7 Å². The molecule has 0 saturated carbocycles. The van der Waals surface area contributed by atoms with E-state index in [0.717, 1.165) is 24.5 Å². The summed E-state index contributed by atoms with van der Waals surface area (Å²) < 4.78 is 0. The number of nitrogens with zero attached hydrogens (tertiary/aromatic N) is 2. The fourth-order valence-corrected chi connectivity index (χ4v) is 2.03. The SMILES string of the molecule is CCc1ccc(N(C)Cc2cccc(NC)n2)cc1. The van der Waals surface area contributed by atoms with Crippen LogP contribution in [0.25, 0.3) is 0 Å². The third kappa shape index (κ3) is 3.47. The molecule has 2 aromatic rings. The molecule has 0 unspecified atom stereocenters. The summed E-state index contributed by atoms with van der Waals surface area (Å²) in [6.45, 7) is 2.98. The van der Waals surface area contributed by atoms with Crippen molar-refractivity contribution < 1.29 is 0 Å². The van der Waals surface area contributed by atoms with Crippen molar-refractivity contribution in [3.8, 4) is 0 Å². The predicted octanol–water partition coefficient (Wildman–Crippen LogP) is 3.32. The average Bonchev–Trinajstić information content (AvgIpc) is 2.47. The number of aryl methyl sites for hydroxylation is 1. The highest BCUT2D eigenvalue weighted by Crippen LogP contribution is 2.16. The molecule has 0 spiro atoms. The maximum atomic E-state index is 4.54. The maximum absolute atomic E-state index is 4.54. The minimum Gasteiger partial charge on any atom is -0.373 e. The standard InChI is InChI=1S/C16H21N3/c1-4-13-8-10-15(11-9-13)19(3)12-14-6-5-7-16(17-2)18-14/h5-11H,4,12H2,1-3H3,(H,17,18). The molecule has 3 heteroatoms. The average molecular weight is 255 g/mol. The summed E-state index contributed by atoms with van der Waals surface area (Å²) in [5.41, 5.74) is 3.65. The van der Waals surface area contributed by atoms with Gasteiger partial charge >= 0.3 is 0 Å². The van der Waals surface area contributed by atoms with Crippen LogP contribution in [0.2, 0.25) is 0 Å². The van der Waals surface area contributed by atoms with Crippen molar-refractivity contribution in [1.29, 1.82) is 0 Å². The number of nitrogens with one attached hydrogen (secondary N) is 1. The Labute approximate surface area is 115 Å². The van der Waals surface area contributed by atoms with E-state index in [0.29, 0.717) is 0 Å². The molecule has 0 radical (unpaired) electrons. The molecule has 1 N–H and O–H groups in total. The van der Waals surface area contributed by atoms with Crippen molar-refractivity contribution in [2.45, 2.75) is 19.9 Å². The third-order valence-electron chi connectivity index (χ3n) is 3.25. The zero-order chi connectivity index (χ0) is 13.7. The highest BCUT2D eigenvalue weighted by atomic mass is 15.1. The van der Waals surface area contributed by atoms with E-state index in [-0.39, 0.29) is 0 Å². The van der Waals surface area contributed by atoms with Crippen LogP contribution in [0.4, 0.5) is 11.5 Å². The highest BCUT2D eigenvalue weighted by molar-refractivity contribution is 5.47. The molecular weight excluding hydrogens is 234 g/mol. The van der Waals surface area contributed by atoms with Crippen LogP contribution >= 0.6 is 0 Å². The van der Waals surface area contributed by atoms with E-state index in [1.165, 1.54) is 11.3 Å². The molecule has 2 rings (SSSR count). The molecule has 0 saturated heterocycles. The summed E-state index contributed by atoms with van der Waals surface area (Å²) in [4.78, 5) is 6.75. The molecule has 0 aliphatic heterocycles. The number of rotatable bonds is 5. The first kappa shape index (κ1) is 13.4. The lowest BCUT2D eigenvalue weighted by Gasteiger charge is -2.19. The first-order valence-electron chi connectivity index (χ1n) is 6.66. The van der Waals surface area contributed by atoms with Crippen molar-refractivity contribution in [2.24, 2.45) is 0 Å². The topological polar surface area (TPSA) is 28.2 Å². The second kappa shape index (κ2) is 6.23. The van der Waals surface area contributed by atoms with Crippen LogP contribution < -0.4 is 10.2 Å². The maximum Gasteiger partial charge on any atom is 0.126 e. The summed E-state index contributed by atoms with van der Waals surface area (Å²) >= 11 is 0. The molecule has 0 atom stereocenters. The number of pyridine rings is 1. The second-order valence-corrected chi connectivity index (χ2v) is 4.64. The summed E-state index contributed by atoms with van der Waals surface area (Å²) in [7, 11) is 3.98. The van der Waals surface area contributed by atoms with Gasteiger partial charge in [-0.05, 0) is 36.2 Å². The number of benzene rings is 1. The van der Waals surface area contributed by atoms with E-state index in [4.69, 9.17) is 0 Å². The van der Waals surface area contributed by atoms with Crippen LogP contribution in [0.5, 0.6) is 0 Å². The monoisotopic (exact) mass is 255 g/mol. The number of aromatic nitrogens is 1. The quantitative estimate of drug-likeness (QED) is 0.888.